The van der Waals surface area contributed by atoms with Gasteiger partial charge in [-0.15, -0.1) is 0 Å². The van der Waals surface area contributed by atoms with Crippen molar-refractivity contribution in [1.29, 1.82) is 0 Å². The Labute approximate surface area is 120 Å². The summed E-state index contributed by atoms with van der Waals surface area (Å²) in [5, 5.41) is 0. The van der Waals surface area contributed by atoms with E-state index in [0.29, 0.717) is 11.4 Å². The number of rotatable bonds is 7. The first-order valence-electron chi connectivity index (χ1n) is 7.34. The van der Waals surface area contributed by atoms with E-state index in [1.54, 1.807) is 0 Å². The van der Waals surface area contributed by atoms with E-state index >= 15 is 0 Å². The SMILES string of the molecule is CCCCCCC(c1ccc(N)c(N)c1)n1ccnc1. The number of anilines is 2. The van der Waals surface area contributed by atoms with Gasteiger partial charge in [0.2, 0.25) is 0 Å². The van der Waals surface area contributed by atoms with Gasteiger partial charge in [0.25, 0.3) is 0 Å². The maximum Gasteiger partial charge on any atom is 0.0951 e. The lowest BCUT2D eigenvalue weighted by Gasteiger charge is -2.20. The fourth-order valence-corrected chi connectivity index (χ4v) is 2.51. The van der Waals surface area contributed by atoms with E-state index in [-0.39, 0.29) is 6.04 Å². The molecule has 0 aliphatic heterocycles. The van der Waals surface area contributed by atoms with Gasteiger partial charge >= 0.3 is 0 Å². The van der Waals surface area contributed by atoms with Crippen LogP contribution in [-0.4, -0.2) is 9.55 Å². The molecule has 1 aromatic carbocycles. The maximum atomic E-state index is 5.94. The molecule has 1 unspecified atom stereocenters. The van der Waals surface area contributed by atoms with Crippen LogP contribution in [0.5, 0.6) is 0 Å². The third kappa shape index (κ3) is 3.53. The topological polar surface area (TPSA) is 69.9 Å². The van der Waals surface area contributed by atoms with Crippen LogP contribution in [0.4, 0.5) is 11.4 Å². The summed E-state index contributed by atoms with van der Waals surface area (Å²) in [4.78, 5) is 4.16. The second kappa shape index (κ2) is 6.98. The van der Waals surface area contributed by atoms with Gasteiger partial charge in [-0.2, -0.15) is 0 Å². The number of nitrogens with two attached hydrogens (primary N) is 2. The monoisotopic (exact) mass is 272 g/mol. The van der Waals surface area contributed by atoms with Gasteiger partial charge in [-0.05, 0) is 24.1 Å². The zero-order valence-corrected chi connectivity index (χ0v) is 12.1. The van der Waals surface area contributed by atoms with E-state index in [9.17, 15) is 0 Å². The van der Waals surface area contributed by atoms with Crippen LogP contribution in [0.1, 0.15) is 50.6 Å². The Balaban J connectivity index is 2.15. The number of hydrogen-bond acceptors (Lipinski definition) is 3. The van der Waals surface area contributed by atoms with Crippen molar-refractivity contribution in [3.63, 3.8) is 0 Å². The lowest BCUT2D eigenvalue weighted by atomic mass is 9.99. The smallest absolute Gasteiger partial charge is 0.0951 e. The van der Waals surface area contributed by atoms with Crippen molar-refractivity contribution in [1.82, 2.24) is 9.55 Å². The highest BCUT2D eigenvalue weighted by atomic mass is 15.0. The molecule has 1 atom stereocenters. The molecule has 4 heteroatoms. The number of nitrogens with zero attached hydrogens (tertiary/aromatic N) is 2. The first-order chi connectivity index (χ1) is 9.72. The molecule has 1 heterocycles. The highest BCUT2D eigenvalue weighted by Crippen LogP contribution is 2.28. The molecule has 0 aliphatic rings. The predicted octanol–water partition coefficient (Wildman–Crippen LogP) is 3.61. The lowest BCUT2D eigenvalue weighted by Crippen LogP contribution is -2.10. The minimum Gasteiger partial charge on any atom is -0.397 e. The van der Waals surface area contributed by atoms with E-state index in [1.807, 2.05) is 30.9 Å². The van der Waals surface area contributed by atoms with Gasteiger partial charge in [0, 0.05) is 12.4 Å². The van der Waals surface area contributed by atoms with E-state index in [2.05, 4.69) is 22.5 Å². The van der Waals surface area contributed by atoms with Crippen molar-refractivity contribution in [3.05, 3.63) is 42.5 Å². The van der Waals surface area contributed by atoms with Crippen molar-refractivity contribution in [2.75, 3.05) is 11.5 Å². The zero-order chi connectivity index (χ0) is 14.4. The van der Waals surface area contributed by atoms with Crippen LogP contribution in [0.2, 0.25) is 0 Å². The molecule has 108 valence electrons. The highest BCUT2D eigenvalue weighted by Gasteiger charge is 2.13. The van der Waals surface area contributed by atoms with Crippen molar-refractivity contribution in [2.24, 2.45) is 0 Å². The standard InChI is InChI=1S/C16H24N4/c1-2-3-4-5-6-16(20-10-9-19-12-20)13-7-8-14(17)15(18)11-13/h7-12,16H,2-6,17-18H2,1H3. The van der Waals surface area contributed by atoms with Gasteiger partial charge in [0.05, 0.1) is 23.7 Å². The van der Waals surface area contributed by atoms with Gasteiger partial charge in [-0.3, -0.25) is 0 Å². The molecule has 1 aromatic heterocycles. The third-order valence-electron chi connectivity index (χ3n) is 3.71. The second-order valence-corrected chi connectivity index (χ2v) is 5.26. The quantitative estimate of drug-likeness (QED) is 0.597. The molecular weight excluding hydrogens is 248 g/mol. The van der Waals surface area contributed by atoms with Crippen molar-refractivity contribution < 1.29 is 0 Å². The maximum absolute atomic E-state index is 5.94. The highest BCUT2D eigenvalue weighted by molar-refractivity contribution is 5.64. The minimum atomic E-state index is 0.289. The molecule has 0 fully saturated rings. The van der Waals surface area contributed by atoms with Gasteiger partial charge in [0.15, 0.2) is 0 Å². The molecule has 20 heavy (non-hydrogen) atoms. The van der Waals surface area contributed by atoms with Crippen LogP contribution in [0.3, 0.4) is 0 Å². The summed E-state index contributed by atoms with van der Waals surface area (Å²) >= 11 is 0. The number of benzene rings is 1. The molecule has 4 nitrogen and oxygen atoms in total. The fraction of sp³-hybridized carbons (Fsp3) is 0.438. The number of imidazole rings is 1. The zero-order valence-electron chi connectivity index (χ0n) is 12.1. The van der Waals surface area contributed by atoms with Crippen LogP contribution in [0.25, 0.3) is 0 Å². The molecular formula is C16H24N4. The average molecular weight is 272 g/mol. The Morgan fingerprint density at radius 3 is 2.65 bits per heavy atom. The molecule has 0 saturated carbocycles. The first kappa shape index (κ1) is 14.4. The molecule has 0 spiro atoms. The summed E-state index contributed by atoms with van der Waals surface area (Å²) < 4.78 is 2.15. The largest absolute Gasteiger partial charge is 0.397 e. The fourth-order valence-electron chi connectivity index (χ4n) is 2.51. The Bertz CT molecular complexity index is 519. The average Bonchev–Trinajstić information content (AvgIpc) is 2.96. The van der Waals surface area contributed by atoms with Crippen molar-refractivity contribution >= 4 is 11.4 Å². The Kier molecular flexibility index (Phi) is 5.04. The number of hydrogen-bond donors (Lipinski definition) is 2. The third-order valence-corrected chi connectivity index (χ3v) is 3.71. The molecule has 2 aromatic rings. The molecule has 4 N–H and O–H groups in total. The van der Waals surface area contributed by atoms with Crippen LogP contribution < -0.4 is 11.5 Å². The molecule has 0 saturated heterocycles. The number of aromatic nitrogens is 2. The summed E-state index contributed by atoms with van der Waals surface area (Å²) in [5.41, 5.74) is 14.2. The molecule has 0 aliphatic carbocycles. The second-order valence-electron chi connectivity index (χ2n) is 5.26. The number of nitrogen functional groups attached to an aromatic ring is 2. The van der Waals surface area contributed by atoms with Crippen molar-refractivity contribution in [2.45, 2.75) is 45.1 Å². The van der Waals surface area contributed by atoms with Crippen LogP contribution >= 0.6 is 0 Å². The van der Waals surface area contributed by atoms with Gasteiger partial charge in [-0.1, -0.05) is 38.7 Å². The molecule has 0 bridgehead atoms. The van der Waals surface area contributed by atoms with Gasteiger partial charge < -0.3 is 16.0 Å². The van der Waals surface area contributed by atoms with Gasteiger partial charge in [-0.25, -0.2) is 4.98 Å². The molecule has 2 rings (SSSR count). The summed E-state index contributed by atoms with van der Waals surface area (Å²) in [6.07, 6.45) is 11.8. The number of unbranched alkanes of at least 4 members (excludes halogenated alkanes) is 3. The van der Waals surface area contributed by atoms with E-state index in [4.69, 9.17) is 11.5 Å². The van der Waals surface area contributed by atoms with Crippen molar-refractivity contribution in [3.8, 4) is 0 Å². The predicted molar refractivity (Wildman–Crippen MR) is 84.4 cm³/mol. The normalized spacial score (nSPS) is 12.4. The van der Waals surface area contributed by atoms with E-state index in [0.717, 1.165) is 6.42 Å². The molecule has 0 amide bonds. The summed E-state index contributed by atoms with van der Waals surface area (Å²) in [6.45, 7) is 2.23. The summed E-state index contributed by atoms with van der Waals surface area (Å²) in [6, 6.07) is 6.23. The summed E-state index contributed by atoms with van der Waals surface area (Å²) in [7, 11) is 0. The van der Waals surface area contributed by atoms with E-state index < -0.39 is 0 Å². The Morgan fingerprint density at radius 1 is 1.15 bits per heavy atom. The summed E-state index contributed by atoms with van der Waals surface area (Å²) in [5.74, 6) is 0. The van der Waals surface area contributed by atoms with Crippen LogP contribution in [0, 0.1) is 0 Å². The lowest BCUT2D eigenvalue weighted by molar-refractivity contribution is 0.499. The van der Waals surface area contributed by atoms with E-state index in [1.165, 1.54) is 31.2 Å². The Hall–Kier alpha value is -1.97. The Morgan fingerprint density at radius 2 is 2.00 bits per heavy atom. The van der Waals surface area contributed by atoms with Crippen LogP contribution in [0.15, 0.2) is 36.9 Å². The first-order valence-corrected chi connectivity index (χ1v) is 7.34. The molecule has 0 radical (unpaired) electrons. The van der Waals surface area contributed by atoms with Gasteiger partial charge in [0.1, 0.15) is 0 Å². The van der Waals surface area contributed by atoms with Crippen LogP contribution in [-0.2, 0) is 0 Å². The minimum absolute atomic E-state index is 0.289.